The lowest BCUT2D eigenvalue weighted by molar-refractivity contribution is 0.0946. The minimum atomic E-state index is -2.99. The molecule has 0 spiro atoms. The van der Waals surface area contributed by atoms with Gasteiger partial charge in [-0.15, -0.1) is 0 Å². The largest absolute Gasteiger partial charge is 0.368 e. The summed E-state index contributed by atoms with van der Waals surface area (Å²) in [4.78, 5) is 18.5. The quantitative estimate of drug-likeness (QED) is 0.816. The molecule has 0 radical (unpaired) electrons. The van der Waals surface area contributed by atoms with Crippen molar-refractivity contribution in [2.24, 2.45) is 0 Å². The second-order valence-corrected chi connectivity index (χ2v) is 8.78. The summed E-state index contributed by atoms with van der Waals surface area (Å²) in [5.74, 6) is -0.330. The molecule has 1 aromatic heterocycles. The molecule has 1 aliphatic rings. The van der Waals surface area contributed by atoms with Crippen molar-refractivity contribution in [3.8, 4) is 0 Å². The van der Waals surface area contributed by atoms with Crippen LogP contribution in [0.15, 0.2) is 42.6 Å². The van der Waals surface area contributed by atoms with Crippen LogP contribution in [0, 0.1) is 5.82 Å². The number of sulfone groups is 1. The Morgan fingerprint density at radius 3 is 2.67 bits per heavy atom. The number of amides is 1. The molecular weight excluding hydrogens is 369 g/mol. The van der Waals surface area contributed by atoms with Gasteiger partial charge in [-0.3, -0.25) is 9.78 Å². The van der Waals surface area contributed by atoms with Crippen molar-refractivity contribution in [1.82, 2.24) is 10.3 Å². The highest BCUT2D eigenvalue weighted by Crippen LogP contribution is 2.24. The van der Waals surface area contributed by atoms with Crippen molar-refractivity contribution in [2.45, 2.75) is 25.9 Å². The first-order valence-electron chi connectivity index (χ1n) is 8.84. The number of rotatable bonds is 6. The number of carbonyl (C=O) groups excluding carboxylic acids is 1. The van der Waals surface area contributed by atoms with Crippen LogP contribution < -0.4 is 10.2 Å². The van der Waals surface area contributed by atoms with E-state index in [-0.39, 0.29) is 41.5 Å². The normalized spacial score (nSPS) is 18.2. The van der Waals surface area contributed by atoms with Crippen molar-refractivity contribution in [3.05, 3.63) is 59.7 Å². The zero-order chi connectivity index (χ0) is 19.4. The summed E-state index contributed by atoms with van der Waals surface area (Å²) in [6.07, 6.45) is 2.14. The highest BCUT2D eigenvalue weighted by Gasteiger charge is 2.32. The Labute approximate surface area is 158 Å². The number of hydrogen-bond donors (Lipinski definition) is 1. The second kappa shape index (κ2) is 8.04. The van der Waals surface area contributed by atoms with Crippen LogP contribution >= 0.6 is 0 Å². The Balaban J connectivity index is 1.70. The summed E-state index contributed by atoms with van der Waals surface area (Å²) in [6.45, 7) is 2.86. The Kier molecular flexibility index (Phi) is 5.74. The predicted molar refractivity (Wildman–Crippen MR) is 102 cm³/mol. The molecule has 2 heterocycles. The first kappa shape index (κ1) is 19.3. The van der Waals surface area contributed by atoms with E-state index in [1.807, 2.05) is 11.8 Å². The smallest absolute Gasteiger partial charge is 0.270 e. The van der Waals surface area contributed by atoms with E-state index < -0.39 is 9.84 Å². The molecule has 1 atom stereocenters. The van der Waals surface area contributed by atoms with Crippen molar-refractivity contribution >= 4 is 21.4 Å². The maximum atomic E-state index is 12.9. The highest BCUT2D eigenvalue weighted by molar-refractivity contribution is 7.91. The summed E-state index contributed by atoms with van der Waals surface area (Å²) < 4.78 is 36.5. The lowest BCUT2D eigenvalue weighted by atomic mass is 10.2. The van der Waals surface area contributed by atoms with Gasteiger partial charge in [0.15, 0.2) is 9.84 Å². The summed E-state index contributed by atoms with van der Waals surface area (Å²) in [5, 5.41) is 2.76. The number of halogens is 1. The lowest BCUT2D eigenvalue weighted by Crippen LogP contribution is -2.36. The van der Waals surface area contributed by atoms with Gasteiger partial charge in [0.2, 0.25) is 0 Å². The summed E-state index contributed by atoms with van der Waals surface area (Å²) >= 11 is 0. The van der Waals surface area contributed by atoms with Gasteiger partial charge in [-0.2, -0.15) is 0 Å². The standard InChI is InChI=1S/C19H22FN3O3S/c1-2-23(17-8-10-27(25,26)13-17)16-7-9-21-18(11-16)19(24)22-12-14-3-5-15(20)6-4-14/h3-7,9,11,17H,2,8,10,12-13H2,1H3,(H,22,24). The van der Waals surface area contributed by atoms with Crippen LogP contribution in [0.2, 0.25) is 0 Å². The monoisotopic (exact) mass is 391 g/mol. The molecule has 6 nitrogen and oxygen atoms in total. The molecule has 2 aromatic rings. The van der Waals surface area contributed by atoms with Crippen LogP contribution in [0.3, 0.4) is 0 Å². The van der Waals surface area contributed by atoms with E-state index in [9.17, 15) is 17.6 Å². The minimum absolute atomic E-state index is 0.0856. The average molecular weight is 391 g/mol. The van der Waals surface area contributed by atoms with Gasteiger partial charge in [0.05, 0.1) is 11.5 Å². The van der Waals surface area contributed by atoms with E-state index in [4.69, 9.17) is 0 Å². The molecule has 1 amide bonds. The van der Waals surface area contributed by atoms with E-state index in [0.29, 0.717) is 13.0 Å². The predicted octanol–water partition coefficient (Wildman–Crippen LogP) is 2.16. The maximum absolute atomic E-state index is 12.9. The summed E-state index contributed by atoms with van der Waals surface area (Å²) in [7, 11) is -2.99. The Morgan fingerprint density at radius 1 is 1.30 bits per heavy atom. The molecule has 1 aromatic carbocycles. The average Bonchev–Trinajstić information content (AvgIpc) is 3.01. The molecule has 1 saturated heterocycles. The molecule has 0 aliphatic carbocycles. The van der Waals surface area contributed by atoms with Crippen LogP contribution in [-0.2, 0) is 16.4 Å². The fourth-order valence-corrected chi connectivity index (χ4v) is 5.00. The second-order valence-electron chi connectivity index (χ2n) is 6.55. The summed E-state index contributed by atoms with van der Waals surface area (Å²) in [5.41, 5.74) is 1.82. The van der Waals surface area contributed by atoms with Gasteiger partial charge < -0.3 is 10.2 Å². The zero-order valence-electron chi connectivity index (χ0n) is 15.1. The fraction of sp³-hybridized carbons (Fsp3) is 0.368. The molecule has 3 rings (SSSR count). The topological polar surface area (TPSA) is 79.4 Å². The van der Waals surface area contributed by atoms with Crippen LogP contribution in [0.1, 0.15) is 29.4 Å². The molecule has 0 bridgehead atoms. The number of hydrogen-bond acceptors (Lipinski definition) is 5. The lowest BCUT2D eigenvalue weighted by Gasteiger charge is -2.29. The van der Waals surface area contributed by atoms with Crippen molar-refractivity contribution in [2.75, 3.05) is 23.0 Å². The van der Waals surface area contributed by atoms with Crippen molar-refractivity contribution < 1.29 is 17.6 Å². The van der Waals surface area contributed by atoms with E-state index in [0.717, 1.165) is 11.3 Å². The number of carbonyl (C=O) groups is 1. The van der Waals surface area contributed by atoms with E-state index in [1.54, 1.807) is 30.5 Å². The molecule has 1 unspecified atom stereocenters. The molecule has 0 saturated carbocycles. The van der Waals surface area contributed by atoms with Gasteiger partial charge in [-0.05, 0) is 43.2 Å². The van der Waals surface area contributed by atoms with E-state index in [1.165, 1.54) is 12.1 Å². The van der Waals surface area contributed by atoms with E-state index in [2.05, 4.69) is 10.3 Å². The molecule has 8 heteroatoms. The van der Waals surface area contributed by atoms with Crippen LogP contribution in [0.4, 0.5) is 10.1 Å². The number of pyridine rings is 1. The molecule has 1 aliphatic heterocycles. The third-order valence-electron chi connectivity index (χ3n) is 4.66. The Hall–Kier alpha value is -2.48. The third kappa shape index (κ3) is 4.82. The summed E-state index contributed by atoms with van der Waals surface area (Å²) in [6, 6.07) is 9.28. The number of benzene rings is 1. The Morgan fingerprint density at radius 2 is 2.04 bits per heavy atom. The number of nitrogens with zero attached hydrogens (tertiary/aromatic N) is 2. The van der Waals surface area contributed by atoms with Gasteiger partial charge in [0.25, 0.3) is 5.91 Å². The van der Waals surface area contributed by atoms with Gasteiger partial charge in [-0.1, -0.05) is 12.1 Å². The van der Waals surface area contributed by atoms with E-state index >= 15 is 0 Å². The fourth-order valence-electron chi connectivity index (χ4n) is 3.27. The maximum Gasteiger partial charge on any atom is 0.270 e. The van der Waals surface area contributed by atoms with Crippen LogP contribution in [-0.4, -0.2) is 43.4 Å². The first-order valence-corrected chi connectivity index (χ1v) is 10.7. The number of aromatic nitrogens is 1. The molecule has 1 fully saturated rings. The first-order chi connectivity index (χ1) is 12.9. The third-order valence-corrected chi connectivity index (χ3v) is 6.41. The minimum Gasteiger partial charge on any atom is -0.368 e. The number of nitrogens with one attached hydrogen (secondary N) is 1. The van der Waals surface area contributed by atoms with Gasteiger partial charge in [0.1, 0.15) is 11.5 Å². The molecule has 1 N–H and O–H groups in total. The Bertz CT molecular complexity index is 916. The number of anilines is 1. The SMILES string of the molecule is CCN(c1ccnc(C(=O)NCc2ccc(F)cc2)c1)C1CCS(=O)(=O)C1. The molecule has 27 heavy (non-hydrogen) atoms. The van der Waals surface area contributed by atoms with Crippen molar-refractivity contribution in [1.29, 1.82) is 0 Å². The van der Waals surface area contributed by atoms with Gasteiger partial charge in [-0.25, -0.2) is 12.8 Å². The molecular formula is C19H22FN3O3S. The van der Waals surface area contributed by atoms with Gasteiger partial charge in [0, 0.05) is 31.0 Å². The zero-order valence-corrected chi connectivity index (χ0v) is 15.9. The highest BCUT2D eigenvalue weighted by atomic mass is 32.2. The van der Waals surface area contributed by atoms with Gasteiger partial charge >= 0.3 is 0 Å². The van der Waals surface area contributed by atoms with Crippen LogP contribution in [0.5, 0.6) is 0 Å². The van der Waals surface area contributed by atoms with Crippen molar-refractivity contribution in [3.63, 3.8) is 0 Å². The molecule has 144 valence electrons. The van der Waals surface area contributed by atoms with Crippen LogP contribution in [0.25, 0.3) is 0 Å².